The molecule has 0 spiro atoms. The van der Waals surface area contributed by atoms with Crippen molar-refractivity contribution in [1.82, 2.24) is 0 Å². The van der Waals surface area contributed by atoms with Gasteiger partial charge in [-0.2, -0.15) is 0 Å². The molecule has 0 aliphatic carbocycles. The fraction of sp³-hybridized carbons (Fsp3) is 0.0417. The smallest absolute Gasteiger partial charge is 0.343 e. The van der Waals surface area contributed by atoms with Crippen LogP contribution in [0.4, 0.5) is 17.1 Å². The molecule has 0 saturated heterocycles. The fourth-order valence-electron chi connectivity index (χ4n) is 3.18. The van der Waals surface area contributed by atoms with Crippen molar-refractivity contribution in [3.8, 4) is 5.75 Å². The highest BCUT2D eigenvalue weighted by Crippen LogP contribution is 2.31. The molecule has 0 unspecified atom stereocenters. The predicted molar refractivity (Wildman–Crippen MR) is 122 cm³/mol. The van der Waals surface area contributed by atoms with Gasteiger partial charge >= 0.3 is 5.97 Å². The van der Waals surface area contributed by atoms with Crippen LogP contribution < -0.4 is 20.7 Å². The number of nitrogen functional groups attached to an aromatic ring is 1. The van der Waals surface area contributed by atoms with E-state index < -0.39 is 17.8 Å². The second kappa shape index (κ2) is 8.56. The Morgan fingerprint density at radius 2 is 1.59 bits per heavy atom. The van der Waals surface area contributed by atoms with E-state index in [-0.39, 0.29) is 10.7 Å². The van der Waals surface area contributed by atoms with Gasteiger partial charge in [0.1, 0.15) is 16.5 Å². The number of anilines is 3. The normalized spacial score (nSPS) is 13.5. The summed E-state index contributed by atoms with van der Waals surface area (Å²) in [6.07, 6.45) is 0. The third-order valence-electron chi connectivity index (χ3n) is 4.86. The van der Waals surface area contributed by atoms with Crippen LogP contribution in [0.2, 0.25) is 0 Å². The number of rotatable bonds is 5. The summed E-state index contributed by atoms with van der Waals surface area (Å²) in [5, 5.41) is 2.68. The Labute approximate surface area is 189 Å². The summed E-state index contributed by atoms with van der Waals surface area (Å²) < 4.78 is 5.30. The minimum atomic E-state index is -0.600. The van der Waals surface area contributed by atoms with Crippen molar-refractivity contribution in [1.29, 1.82) is 0 Å². The summed E-state index contributed by atoms with van der Waals surface area (Å²) in [7, 11) is 0. The zero-order valence-corrected chi connectivity index (χ0v) is 17.7. The minimum Gasteiger partial charge on any atom is -0.423 e. The van der Waals surface area contributed by atoms with Crippen LogP contribution in [-0.4, -0.2) is 17.8 Å². The van der Waals surface area contributed by atoms with Crippen LogP contribution in [0.1, 0.15) is 15.9 Å². The first-order valence-corrected chi connectivity index (χ1v) is 10.0. The van der Waals surface area contributed by atoms with Gasteiger partial charge in [0.25, 0.3) is 11.8 Å². The summed E-state index contributed by atoms with van der Waals surface area (Å²) >= 11 is 6.18. The largest absolute Gasteiger partial charge is 0.423 e. The van der Waals surface area contributed by atoms with E-state index in [0.717, 1.165) is 10.5 Å². The number of amides is 2. The van der Waals surface area contributed by atoms with E-state index in [9.17, 15) is 14.4 Å². The Kier molecular flexibility index (Phi) is 5.66. The van der Waals surface area contributed by atoms with E-state index in [2.05, 4.69) is 5.32 Å². The molecule has 0 aromatic heterocycles. The average Bonchev–Trinajstić information content (AvgIpc) is 2.99. The minimum absolute atomic E-state index is 0.0304. The van der Waals surface area contributed by atoms with Crippen LogP contribution in [0.5, 0.6) is 5.75 Å². The van der Waals surface area contributed by atoms with Gasteiger partial charge in [0, 0.05) is 11.4 Å². The molecule has 4 rings (SSSR count). The number of esters is 1. The van der Waals surface area contributed by atoms with Crippen LogP contribution in [0, 0.1) is 6.92 Å². The van der Waals surface area contributed by atoms with Gasteiger partial charge in [-0.1, -0.05) is 29.8 Å². The van der Waals surface area contributed by atoms with Crippen molar-refractivity contribution in [2.45, 2.75) is 6.92 Å². The molecule has 7 nitrogen and oxygen atoms in total. The maximum Gasteiger partial charge on any atom is 0.343 e. The molecule has 3 aromatic carbocycles. The number of nitrogens with one attached hydrogen (secondary N) is 1. The Bertz CT molecular complexity index is 1250. The van der Waals surface area contributed by atoms with E-state index in [4.69, 9.17) is 22.1 Å². The molecule has 0 radical (unpaired) electrons. The van der Waals surface area contributed by atoms with Crippen LogP contribution in [0.25, 0.3) is 0 Å². The first-order chi connectivity index (χ1) is 15.3. The number of imide groups is 1. The maximum absolute atomic E-state index is 12.9. The van der Waals surface area contributed by atoms with Gasteiger partial charge in [0.15, 0.2) is 0 Å². The van der Waals surface area contributed by atoms with Gasteiger partial charge in [-0.3, -0.25) is 9.59 Å². The van der Waals surface area contributed by atoms with E-state index in [1.54, 1.807) is 61.5 Å². The second-order valence-electron chi connectivity index (χ2n) is 7.08. The lowest BCUT2D eigenvalue weighted by Gasteiger charge is -2.17. The number of aryl methyl sites for hydroxylation is 1. The van der Waals surface area contributed by atoms with Crippen molar-refractivity contribution in [3.05, 3.63) is 94.7 Å². The van der Waals surface area contributed by atoms with E-state index in [1.807, 2.05) is 6.07 Å². The standard InChI is InChI=1S/C24H18ClN3O4/c1-14-4-2-3-5-19(14)28-22(29)20(25)21(23(28)30)27-17-10-6-15(7-11-17)24(31)32-18-12-8-16(26)9-13-18/h2-13,27H,26H2,1H3. The van der Waals surface area contributed by atoms with Gasteiger partial charge in [0.2, 0.25) is 0 Å². The lowest BCUT2D eigenvalue weighted by Crippen LogP contribution is -2.32. The molecule has 3 N–H and O–H groups in total. The predicted octanol–water partition coefficient (Wildman–Crippen LogP) is 4.23. The number of para-hydroxylation sites is 1. The van der Waals surface area contributed by atoms with Gasteiger partial charge in [-0.05, 0) is 67.1 Å². The molecule has 0 bridgehead atoms. The number of benzene rings is 3. The quantitative estimate of drug-likeness (QED) is 0.262. The Morgan fingerprint density at radius 1 is 0.938 bits per heavy atom. The monoisotopic (exact) mass is 447 g/mol. The molecular weight excluding hydrogens is 430 g/mol. The highest BCUT2D eigenvalue weighted by molar-refractivity contribution is 6.53. The number of ether oxygens (including phenoxy) is 1. The molecule has 8 heteroatoms. The average molecular weight is 448 g/mol. The molecule has 1 aliphatic heterocycles. The maximum atomic E-state index is 12.9. The first kappa shape index (κ1) is 21.1. The van der Waals surface area contributed by atoms with Crippen molar-refractivity contribution in [2.75, 3.05) is 16.0 Å². The highest BCUT2D eigenvalue weighted by Gasteiger charge is 2.39. The Hall–Kier alpha value is -4.10. The lowest BCUT2D eigenvalue weighted by atomic mass is 10.2. The van der Waals surface area contributed by atoms with Gasteiger partial charge in [-0.25, -0.2) is 9.69 Å². The number of carbonyl (C=O) groups is 3. The molecule has 32 heavy (non-hydrogen) atoms. The number of nitrogens with two attached hydrogens (primary N) is 1. The Balaban J connectivity index is 1.49. The van der Waals surface area contributed by atoms with Crippen LogP contribution >= 0.6 is 11.6 Å². The fourth-order valence-corrected chi connectivity index (χ4v) is 3.39. The van der Waals surface area contributed by atoms with Crippen molar-refractivity contribution in [3.63, 3.8) is 0 Å². The summed E-state index contributed by atoms with van der Waals surface area (Å²) in [4.78, 5) is 38.9. The SMILES string of the molecule is Cc1ccccc1N1C(=O)C(Cl)=C(Nc2ccc(C(=O)Oc3ccc(N)cc3)cc2)C1=O. The molecule has 1 aliphatic rings. The van der Waals surface area contributed by atoms with Crippen molar-refractivity contribution >= 4 is 46.4 Å². The molecule has 3 aromatic rings. The van der Waals surface area contributed by atoms with E-state index in [0.29, 0.717) is 28.4 Å². The first-order valence-electron chi connectivity index (χ1n) is 9.64. The third-order valence-corrected chi connectivity index (χ3v) is 5.21. The third kappa shape index (κ3) is 4.06. The second-order valence-corrected chi connectivity index (χ2v) is 7.46. The lowest BCUT2D eigenvalue weighted by molar-refractivity contribution is -0.120. The topological polar surface area (TPSA) is 102 Å². The molecular formula is C24H18ClN3O4. The number of hydrogen-bond acceptors (Lipinski definition) is 6. The number of carbonyl (C=O) groups excluding carboxylic acids is 3. The zero-order chi connectivity index (χ0) is 22.8. The van der Waals surface area contributed by atoms with Gasteiger partial charge in [0.05, 0.1) is 11.3 Å². The number of hydrogen-bond donors (Lipinski definition) is 2. The summed E-state index contributed by atoms with van der Waals surface area (Å²) in [6.45, 7) is 1.80. The van der Waals surface area contributed by atoms with Crippen molar-refractivity contribution < 1.29 is 19.1 Å². The van der Waals surface area contributed by atoms with Crippen LogP contribution in [0.15, 0.2) is 83.5 Å². The summed E-state index contributed by atoms with van der Waals surface area (Å²) in [5.41, 5.74) is 8.18. The summed E-state index contributed by atoms with van der Waals surface area (Å²) in [5.74, 6) is -1.33. The molecule has 0 saturated carbocycles. The van der Waals surface area contributed by atoms with Gasteiger partial charge < -0.3 is 15.8 Å². The van der Waals surface area contributed by atoms with E-state index >= 15 is 0 Å². The van der Waals surface area contributed by atoms with Gasteiger partial charge in [-0.15, -0.1) is 0 Å². The van der Waals surface area contributed by atoms with Crippen LogP contribution in [0.3, 0.4) is 0 Å². The molecule has 160 valence electrons. The van der Waals surface area contributed by atoms with Crippen molar-refractivity contribution in [2.24, 2.45) is 0 Å². The highest BCUT2D eigenvalue weighted by atomic mass is 35.5. The molecule has 0 atom stereocenters. The van der Waals surface area contributed by atoms with Crippen LogP contribution in [-0.2, 0) is 9.59 Å². The zero-order valence-electron chi connectivity index (χ0n) is 17.0. The summed E-state index contributed by atoms with van der Waals surface area (Å²) in [6, 6.07) is 19.8. The number of nitrogens with zero attached hydrogens (tertiary/aromatic N) is 1. The molecule has 1 heterocycles. The van der Waals surface area contributed by atoms with E-state index in [1.165, 1.54) is 12.1 Å². The molecule has 2 amide bonds. The number of halogens is 1. The Morgan fingerprint density at radius 3 is 2.25 bits per heavy atom. The molecule has 0 fully saturated rings.